The van der Waals surface area contributed by atoms with Gasteiger partial charge in [0.25, 0.3) is 0 Å². The van der Waals surface area contributed by atoms with Crippen LogP contribution in [-0.4, -0.2) is 27.1 Å². The van der Waals surface area contributed by atoms with Crippen molar-refractivity contribution in [2.75, 3.05) is 0 Å². The van der Waals surface area contributed by atoms with Crippen LogP contribution in [0.25, 0.3) is 0 Å². The first-order valence-corrected chi connectivity index (χ1v) is 8.69. The van der Waals surface area contributed by atoms with Gasteiger partial charge in [0.15, 0.2) is 5.82 Å². The standard InChI is InChI=1S/C18H23FN4O2/c1-3-16(17-20-12(2)25-22-17)21-18(24)23(14-8-6-9-14)11-13-7-4-5-10-15(13)19/h4-5,7,10,14,16H,3,6,8-9,11H2,1-2H3,(H,21,24)/t16-/m1/s1. The van der Waals surface area contributed by atoms with Gasteiger partial charge < -0.3 is 14.7 Å². The molecule has 1 aromatic carbocycles. The number of hydrogen-bond donors (Lipinski definition) is 1. The Kier molecular flexibility index (Phi) is 5.31. The number of carbonyl (C=O) groups excluding carboxylic acids is 1. The molecule has 3 rings (SSSR count). The molecule has 0 spiro atoms. The van der Waals surface area contributed by atoms with Crippen molar-refractivity contribution in [2.45, 2.75) is 58.2 Å². The van der Waals surface area contributed by atoms with Crippen molar-refractivity contribution >= 4 is 6.03 Å². The van der Waals surface area contributed by atoms with Gasteiger partial charge in [0.05, 0.1) is 12.6 Å². The van der Waals surface area contributed by atoms with E-state index >= 15 is 0 Å². The van der Waals surface area contributed by atoms with E-state index in [-0.39, 0.29) is 30.5 Å². The Bertz CT molecular complexity index is 729. The van der Waals surface area contributed by atoms with Gasteiger partial charge in [0.2, 0.25) is 5.89 Å². The lowest BCUT2D eigenvalue weighted by molar-refractivity contribution is 0.129. The quantitative estimate of drug-likeness (QED) is 0.865. The van der Waals surface area contributed by atoms with Gasteiger partial charge in [-0.15, -0.1) is 0 Å². The van der Waals surface area contributed by atoms with E-state index in [0.29, 0.717) is 23.7 Å². The number of amides is 2. The predicted molar refractivity (Wildman–Crippen MR) is 90.2 cm³/mol. The second-order valence-electron chi connectivity index (χ2n) is 6.39. The first kappa shape index (κ1) is 17.4. The lowest BCUT2D eigenvalue weighted by atomic mass is 9.91. The number of benzene rings is 1. The molecule has 25 heavy (non-hydrogen) atoms. The zero-order chi connectivity index (χ0) is 17.8. The minimum Gasteiger partial charge on any atom is -0.340 e. The van der Waals surface area contributed by atoms with E-state index in [2.05, 4.69) is 15.5 Å². The van der Waals surface area contributed by atoms with E-state index in [1.54, 1.807) is 30.0 Å². The number of urea groups is 1. The van der Waals surface area contributed by atoms with Crippen molar-refractivity contribution in [3.63, 3.8) is 0 Å². The van der Waals surface area contributed by atoms with Crippen molar-refractivity contribution in [2.24, 2.45) is 0 Å². The second kappa shape index (κ2) is 7.63. The lowest BCUT2D eigenvalue weighted by Gasteiger charge is -2.38. The largest absolute Gasteiger partial charge is 0.340 e. The van der Waals surface area contributed by atoms with Crippen LogP contribution in [0.1, 0.15) is 55.9 Å². The molecule has 0 aliphatic heterocycles. The van der Waals surface area contributed by atoms with Gasteiger partial charge in [-0.05, 0) is 31.7 Å². The minimum absolute atomic E-state index is 0.143. The number of carbonyl (C=O) groups is 1. The van der Waals surface area contributed by atoms with E-state index in [4.69, 9.17) is 4.52 Å². The Morgan fingerprint density at radius 1 is 1.44 bits per heavy atom. The number of hydrogen-bond acceptors (Lipinski definition) is 4. The summed E-state index contributed by atoms with van der Waals surface area (Å²) in [5.41, 5.74) is 0.521. The Hall–Kier alpha value is -2.44. The monoisotopic (exact) mass is 346 g/mol. The lowest BCUT2D eigenvalue weighted by Crippen LogP contribution is -2.49. The van der Waals surface area contributed by atoms with Gasteiger partial charge in [-0.1, -0.05) is 30.3 Å². The fourth-order valence-electron chi connectivity index (χ4n) is 2.91. The summed E-state index contributed by atoms with van der Waals surface area (Å²) in [4.78, 5) is 18.8. The topological polar surface area (TPSA) is 71.3 Å². The van der Waals surface area contributed by atoms with E-state index in [9.17, 15) is 9.18 Å². The van der Waals surface area contributed by atoms with Crippen LogP contribution in [0.2, 0.25) is 0 Å². The highest BCUT2D eigenvalue weighted by molar-refractivity contribution is 5.75. The molecular formula is C18H23FN4O2. The van der Waals surface area contributed by atoms with E-state index in [1.807, 2.05) is 6.92 Å². The van der Waals surface area contributed by atoms with Crippen LogP contribution in [0.3, 0.4) is 0 Å². The molecule has 1 saturated carbocycles. The number of aromatic nitrogens is 2. The summed E-state index contributed by atoms with van der Waals surface area (Å²) in [6, 6.07) is 6.17. The molecule has 1 aromatic heterocycles. The van der Waals surface area contributed by atoms with Gasteiger partial charge in [0, 0.05) is 18.5 Å². The van der Waals surface area contributed by atoms with Gasteiger partial charge in [-0.25, -0.2) is 9.18 Å². The molecular weight excluding hydrogens is 323 g/mol. The third kappa shape index (κ3) is 3.97. The molecule has 2 amide bonds. The van der Waals surface area contributed by atoms with Crippen LogP contribution in [-0.2, 0) is 6.54 Å². The summed E-state index contributed by atoms with van der Waals surface area (Å²) < 4.78 is 19.0. The predicted octanol–water partition coefficient (Wildman–Crippen LogP) is 3.73. The third-order valence-corrected chi connectivity index (χ3v) is 4.64. The van der Waals surface area contributed by atoms with Crippen LogP contribution in [0.15, 0.2) is 28.8 Å². The van der Waals surface area contributed by atoms with Gasteiger partial charge in [0.1, 0.15) is 5.82 Å². The Balaban J connectivity index is 1.74. The Labute approximate surface area is 146 Å². The fourth-order valence-corrected chi connectivity index (χ4v) is 2.91. The molecule has 0 radical (unpaired) electrons. The molecule has 2 aromatic rings. The summed E-state index contributed by atoms with van der Waals surface area (Å²) in [5, 5.41) is 6.86. The fraction of sp³-hybridized carbons (Fsp3) is 0.500. The van der Waals surface area contributed by atoms with Crippen LogP contribution >= 0.6 is 0 Å². The van der Waals surface area contributed by atoms with Gasteiger partial charge in [-0.3, -0.25) is 0 Å². The Morgan fingerprint density at radius 3 is 2.76 bits per heavy atom. The maximum Gasteiger partial charge on any atom is 0.318 e. The zero-order valence-electron chi connectivity index (χ0n) is 14.5. The number of nitrogens with zero attached hydrogens (tertiary/aromatic N) is 3. The normalized spacial score (nSPS) is 15.5. The van der Waals surface area contributed by atoms with Gasteiger partial charge >= 0.3 is 6.03 Å². The first-order chi connectivity index (χ1) is 12.1. The molecule has 1 N–H and O–H groups in total. The van der Waals surface area contributed by atoms with E-state index < -0.39 is 0 Å². The van der Waals surface area contributed by atoms with Crippen molar-refractivity contribution < 1.29 is 13.7 Å². The van der Waals surface area contributed by atoms with Crippen LogP contribution in [0.5, 0.6) is 0 Å². The van der Waals surface area contributed by atoms with E-state index in [0.717, 1.165) is 19.3 Å². The molecule has 134 valence electrons. The zero-order valence-corrected chi connectivity index (χ0v) is 14.5. The number of aryl methyl sites for hydroxylation is 1. The van der Waals surface area contributed by atoms with Crippen molar-refractivity contribution in [1.29, 1.82) is 0 Å². The molecule has 1 aliphatic rings. The molecule has 7 heteroatoms. The summed E-state index contributed by atoms with van der Waals surface area (Å²) in [6.45, 7) is 3.91. The SMILES string of the molecule is CC[C@@H](NC(=O)N(Cc1ccccc1F)C1CCC1)c1noc(C)n1. The van der Waals surface area contributed by atoms with Crippen molar-refractivity contribution in [1.82, 2.24) is 20.4 Å². The summed E-state index contributed by atoms with van der Waals surface area (Å²) in [6.07, 6.45) is 3.62. The summed E-state index contributed by atoms with van der Waals surface area (Å²) >= 11 is 0. The van der Waals surface area contributed by atoms with Crippen LogP contribution in [0.4, 0.5) is 9.18 Å². The molecule has 1 atom stereocenters. The first-order valence-electron chi connectivity index (χ1n) is 8.69. The minimum atomic E-state index is -0.326. The summed E-state index contributed by atoms with van der Waals surface area (Å²) in [7, 11) is 0. The average Bonchev–Trinajstić information content (AvgIpc) is 2.98. The maximum atomic E-state index is 14.0. The number of rotatable bonds is 6. The summed E-state index contributed by atoms with van der Waals surface area (Å²) in [5.74, 6) is 0.637. The van der Waals surface area contributed by atoms with Crippen molar-refractivity contribution in [3.8, 4) is 0 Å². The molecule has 6 nitrogen and oxygen atoms in total. The maximum absolute atomic E-state index is 14.0. The molecule has 1 aliphatic carbocycles. The number of halogens is 1. The highest BCUT2D eigenvalue weighted by atomic mass is 19.1. The highest BCUT2D eigenvalue weighted by Gasteiger charge is 2.31. The van der Waals surface area contributed by atoms with E-state index in [1.165, 1.54) is 6.07 Å². The van der Waals surface area contributed by atoms with Crippen LogP contribution in [0, 0.1) is 12.7 Å². The van der Waals surface area contributed by atoms with Crippen molar-refractivity contribution in [3.05, 3.63) is 47.4 Å². The Morgan fingerprint density at radius 2 is 2.20 bits per heavy atom. The average molecular weight is 346 g/mol. The second-order valence-corrected chi connectivity index (χ2v) is 6.39. The molecule has 0 unspecified atom stereocenters. The van der Waals surface area contributed by atoms with Crippen LogP contribution < -0.4 is 5.32 Å². The molecule has 0 saturated heterocycles. The highest BCUT2D eigenvalue weighted by Crippen LogP contribution is 2.27. The molecule has 0 bridgehead atoms. The van der Waals surface area contributed by atoms with Gasteiger partial charge in [-0.2, -0.15) is 4.98 Å². The smallest absolute Gasteiger partial charge is 0.318 e. The molecule has 1 fully saturated rings. The third-order valence-electron chi connectivity index (χ3n) is 4.64. The number of nitrogens with one attached hydrogen (secondary N) is 1. The molecule has 1 heterocycles.